The molecule has 0 saturated carbocycles. The van der Waals surface area contributed by atoms with Crippen LogP contribution in [0.5, 0.6) is 0 Å². The van der Waals surface area contributed by atoms with Gasteiger partial charge in [0.05, 0.1) is 4.34 Å². The Balaban J connectivity index is 3.19. The molecule has 0 fully saturated rings. The van der Waals surface area contributed by atoms with Crippen molar-refractivity contribution in [3.05, 3.63) is 26.9 Å². The van der Waals surface area contributed by atoms with E-state index in [0.717, 1.165) is 4.88 Å². The van der Waals surface area contributed by atoms with Crippen LogP contribution in [0.1, 0.15) is 11.8 Å². The van der Waals surface area contributed by atoms with E-state index < -0.39 is 0 Å². The summed E-state index contributed by atoms with van der Waals surface area (Å²) in [7, 11) is 0. The molecule has 4 heteroatoms. The van der Waals surface area contributed by atoms with Crippen LogP contribution in [0.25, 0.3) is 5.57 Å². The van der Waals surface area contributed by atoms with Crippen molar-refractivity contribution in [3.63, 3.8) is 0 Å². The summed E-state index contributed by atoms with van der Waals surface area (Å²) < 4.78 is 0.657. The SMILES string of the molecule is CC(=C(C#N)C#N)c1ccc(Cl)s1. The third-order valence-electron chi connectivity index (χ3n) is 1.54. The van der Waals surface area contributed by atoms with Crippen molar-refractivity contribution in [3.8, 4) is 12.1 Å². The lowest BCUT2D eigenvalue weighted by molar-refractivity contribution is 1.45. The Morgan fingerprint density at radius 2 is 2.00 bits per heavy atom. The Morgan fingerprint density at radius 1 is 1.38 bits per heavy atom. The van der Waals surface area contributed by atoms with Gasteiger partial charge < -0.3 is 0 Å². The molecule has 64 valence electrons. The van der Waals surface area contributed by atoms with Gasteiger partial charge >= 0.3 is 0 Å². The number of thiophene rings is 1. The monoisotopic (exact) mass is 208 g/mol. The second-order valence-electron chi connectivity index (χ2n) is 2.33. The largest absolute Gasteiger partial charge is 0.192 e. The number of nitrogens with zero attached hydrogens (tertiary/aromatic N) is 2. The molecule has 0 aromatic carbocycles. The van der Waals surface area contributed by atoms with E-state index in [1.807, 2.05) is 12.1 Å². The van der Waals surface area contributed by atoms with Crippen LogP contribution in [-0.2, 0) is 0 Å². The molecule has 0 aliphatic heterocycles. The molecule has 0 N–H and O–H groups in total. The second kappa shape index (κ2) is 4.09. The summed E-state index contributed by atoms with van der Waals surface area (Å²) in [5, 5.41) is 17.2. The van der Waals surface area contributed by atoms with Crippen molar-refractivity contribution in [2.75, 3.05) is 0 Å². The quantitative estimate of drug-likeness (QED) is 0.666. The third kappa shape index (κ3) is 2.09. The lowest BCUT2D eigenvalue weighted by Crippen LogP contribution is -1.79. The van der Waals surface area contributed by atoms with Crippen molar-refractivity contribution >= 4 is 28.5 Å². The van der Waals surface area contributed by atoms with Crippen molar-refractivity contribution in [2.45, 2.75) is 6.92 Å². The molecular formula is C9H5ClN2S. The number of nitriles is 2. The van der Waals surface area contributed by atoms with Gasteiger partial charge in [-0.1, -0.05) is 11.6 Å². The Bertz CT molecular complexity index is 415. The third-order valence-corrected chi connectivity index (χ3v) is 2.89. The topological polar surface area (TPSA) is 47.6 Å². The maximum atomic E-state index is 8.61. The van der Waals surface area contributed by atoms with Crippen molar-refractivity contribution in [2.24, 2.45) is 0 Å². The summed E-state index contributed by atoms with van der Waals surface area (Å²) in [5.41, 5.74) is 0.820. The molecule has 1 heterocycles. The first kappa shape index (κ1) is 9.80. The van der Waals surface area contributed by atoms with E-state index in [9.17, 15) is 0 Å². The zero-order valence-electron chi connectivity index (χ0n) is 6.84. The predicted molar refractivity (Wildman–Crippen MR) is 53.1 cm³/mol. The Morgan fingerprint density at radius 3 is 2.38 bits per heavy atom. The van der Waals surface area contributed by atoms with E-state index in [-0.39, 0.29) is 5.57 Å². The van der Waals surface area contributed by atoms with E-state index in [0.29, 0.717) is 9.91 Å². The predicted octanol–water partition coefficient (Wildman–Crippen LogP) is 3.22. The minimum absolute atomic E-state index is 0.138. The minimum Gasteiger partial charge on any atom is -0.192 e. The van der Waals surface area contributed by atoms with Crippen molar-refractivity contribution in [1.82, 2.24) is 0 Å². The molecule has 0 amide bonds. The van der Waals surface area contributed by atoms with E-state index in [4.69, 9.17) is 22.1 Å². The first-order valence-corrected chi connectivity index (χ1v) is 4.65. The standard InChI is InChI=1S/C9H5ClN2S/c1-6(7(4-11)5-12)8-2-3-9(10)13-8/h2-3H,1H3. The molecule has 0 aliphatic rings. The van der Waals surface area contributed by atoms with Gasteiger partial charge in [0.2, 0.25) is 0 Å². The smallest absolute Gasteiger partial charge is 0.133 e. The molecule has 1 rings (SSSR count). The van der Waals surface area contributed by atoms with Crippen LogP contribution in [-0.4, -0.2) is 0 Å². The molecule has 0 atom stereocenters. The molecule has 2 nitrogen and oxygen atoms in total. The van der Waals surface area contributed by atoms with Gasteiger partial charge in [-0.25, -0.2) is 0 Å². The van der Waals surface area contributed by atoms with Gasteiger partial charge in [-0.3, -0.25) is 0 Å². The molecule has 0 aliphatic carbocycles. The molecule has 1 aromatic heterocycles. The lowest BCUT2D eigenvalue weighted by atomic mass is 10.1. The second-order valence-corrected chi connectivity index (χ2v) is 4.04. The molecule has 0 radical (unpaired) electrons. The highest BCUT2D eigenvalue weighted by molar-refractivity contribution is 7.17. The molecule has 13 heavy (non-hydrogen) atoms. The van der Waals surface area contributed by atoms with E-state index in [1.165, 1.54) is 11.3 Å². The van der Waals surface area contributed by atoms with Crippen LogP contribution in [0.15, 0.2) is 17.7 Å². The maximum Gasteiger partial charge on any atom is 0.133 e. The Hall–Kier alpha value is -1.29. The summed E-state index contributed by atoms with van der Waals surface area (Å²) in [6.45, 7) is 1.74. The zero-order chi connectivity index (χ0) is 9.84. The van der Waals surface area contributed by atoms with Gasteiger partial charge in [0.15, 0.2) is 0 Å². The molecule has 0 unspecified atom stereocenters. The first-order chi connectivity index (χ1) is 6.19. The van der Waals surface area contributed by atoms with Crippen LogP contribution in [0.3, 0.4) is 0 Å². The molecule has 0 bridgehead atoms. The summed E-state index contributed by atoms with van der Waals surface area (Å²) in [6.07, 6.45) is 0. The zero-order valence-corrected chi connectivity index (χ0v) is 8.41. The summed E-state index contributed by atoms with van der Waals surface area (Å²) >= 11 is 7.09. The number of halogens is 1. The van der Waals surface area contributed by atoms with Crippen LogP contribution in [0, 0.1) is 22.7 Å². The molecule has 0 spiro atoms. The van der Waals surface area contributed by atoms with E-state index in [1.54, 1.807) is 19.1 Å². The molecular weight excluding hydrogens is 204 g/mol. The van der Waals surface area contributed by atoms with Crippen LogP contribution < -0.4 is 0 Å². The van der Waals surface area contributed by atoms with Gasteiger partial charge in [-0.15, -0.1) is 11.3 Å². The van der Waals surface area contributed by atoms with Crippen molar-refractivity contribution < 1.29 is 0 Å². The van der Waals surface area contributed by atoms with Gasteiger partial charge in [0.1, 0.15) is 17.7 Å². The highest BCUT2D eigenvalue weighted by atomic mass is 35.5. The fourth-order valence-corrected chi connectivity index (χ4v) is 1.88. The minimum atomic E-state index is 0.138. The van der Waals surface area contributed by atoms with Crippen LogP contribution in [0.2, 0.25) is 4.34 Å². The van der Waals surface area contributed by atoms with Gasteiger partial charge in [0, 0.05) is 4.88 Å². The lowest BCUT2D eigenvalue weighted by Gasteiger charge is -1.93. The maximum absolute atomic E-state index is 8.61. The van der Waals surface area contributed by atoms with E-state index >= 15 is 0 Å². The highest BCUT2D eigenvalue weighted by Gasteiger charge is 2.05. The number of hydrogen-bond donors (Lipinski definition) is 0. The van der Waals surface area contributed by atoms with Gasteiger partial charge in [0.25, 0.3) is 0 Å². The normalized spacial score (nSPS) is 8.62. The van der Waals surface area contributed by atoms with Gasteiger partial charge in [-0.2, -0.15) is 10.5 Å². The summed E-state index contributed by atoms with van der Waals surface area (Å²) in [6, 6.07) is 7.23. The average molecular weight is 209 g/mol. The Labute approximate surface area is 85.3 Å². The first-order valence-electron chi connectivity index (χ1n) is 3.46. The summed E-state index contributed by atoms with van der Waals surface area (Å²) in [4.78, 5) is 0.864. The average Bonchev–Trinajstić information content (AvgIpc) is 2.54. The number of hydrogen-bond acceptors (Lipinski definition) is 3. The fraction of sp³-hybridized carbons (Fsp3) is 0.111. The van der Waals surface area contributed by atoms with Crippen LogP contribution in [0.4, 0.5) is 0 Å². The number of rotatable bonds is 1. The summed E-state index contributed by atoms with van der Waals surface area (Å²) in [5.74, 6) is 0. The Kier molecular flexibility index (Phi) is 3.08. The fourth-order valence-electron chi connectivity index (χ4n) is 0.832. The van der Waals surface area contributed by atoms with Crippen LogP contribution >= 0.6 is 22.9 Å². The van der Waals surface area contributed by atoms with Crippen molar-refractivity contribution in [1.29, 1.82) is 10.5 Å². The molecule has 1 aromatic rings. The van der Waals surface area contributed by atoms with Gasteiger partial charge in [-0.05, 0) is 24.6 Å². The number of allylic oxidation sites excluding steroid dienone is 2. The van der Waals surface area contributed by atoms with E-state index in [2.05, 4.69) is 0 Å². The highest BCUT2D eigenvalue weighted by Crippen LogP contribution is 2.28. The molecule has 0 saturated heterocycles.